The Bertz CT molecular complexity index is 522. The van der Waals surface area contributed by atoms with Gasteiger partial charge in [0, 0.05) is 0 Å². The van der Waals surface area contributed by atoms with Gasteiger partial charge in [-0.1, -0.05) is 36.4 Å². The van der Waals surface area contributed by atoms with Crippen molar-refractivity contribution in [1.82, 2.24) is 19.9 Å². The molecule has 11 heteroatoms. The molecule has 0 bridgehead atoms. The summed E-state index contributed by atoms with van der Waals surface area (Å²) in [4.78, 5) is 35.4. The maximum Gasteiger partial charge on any atom is 2.00 e. The summed E-state index contributed by atoms with van der Waals surface area (Å²) in [5.41, 5.74) is 11.7. The van der Waals surface area contributed by atoms with Crippen LogP contribution in [0.15, 0.2) is 25.0 Å². The van der Waals surface area contributed by atoms with Crippen LogP contribution in [-0.2, 0) is 41.9 Å². The first-order valence-electron chi connectivity index (χ1n) is 6.20. The third-order valence-electron chi connectivity index (χ3n) is 2.52. The predicted octanol–water partition coefficient (Wildman–Crippen LogP) is -2.02. The average molecular weight is 374 g/mol. The molecule has 0 saturated heterocycles. The van der Waals surface area contributed by atoms with Gasteiger partial charge in [-0.05, 0) is 12.8 Å². The summed E-state index contributed by atoms with van der Waals surface area (Å²) in [5.74, 6) is -2.04. The molecule has 0 radical (unpaired) electrons. The van der Waals surface area contributed by atoms with Crippen LogP contribution in [0.4, 0.5) is 0 Å². The number of aromatic nitrogens is 4. The monoisotopic (exact) mass is 372 g/mol. The molecule has 2 rings (SSSR count). The number of rotatable bonds is 6. The molecule has 0 aromatic carbocycles. The first-order valence-corrected chi connectivity index (χ1v) is 6.20. The summed E-state index contributed by atoms with van der Waals surface area (Å²) in [5, 5.41) is 16.8. The van der Waals surface area contributed by atoms with Crippen molar-refractivity contribution in [2.45, 2.75) is 24.9 Å². The Morgan fingerprint density at radius 1 is 0.957 bits per heavy atom. The second kappa shape index (κ2) is 10.6. The normalized spacial score (nSPS) is 12.3. The molecule has 0 saturated carbocycles. The van der Waals surface area contributed by atoms with E-state index in [0.717, 1.165) is 0 Å². The minimum atomic E-state index is -1.02. The fraction of sp³-hybridized carbons (Fsp3) is 0.333. The molecular formula is C12H16N6O4Zn. The first-order chi connectivity index (χ1) is 10.4. The van der Waals surface area contributed by atoms with Crippen molar-refractivity contribution in [3.63, 3.8) is 0 Å². The second-order valence-electron chi connectivity index (χ2n) is 4.33. The molecule has 0 fully saturated rings. The van der Waals surface area contributed by atoms with E-state index in [1.54, 1.807) is 0 Å². The number of hydrogen-bond acceptors (Lipinski definition) is 6. The van der Waals surface area contributed by atoms with Gasteiger partial charge in [-0.2, -0.15) is 0 Å². The molecule has 2 atom stereocenters. The van der Waals surface area contributed by atoms with E-state index in [4.69, 9.17) is 21.7 Å². The molecule has 0 aliphatic carbocycles. The Hall–Kier alpha value is -2.10. The van der Waals surface area contributed by atoms with E-state index in [-0.39, 0.29) is 32.3 Å². The van der Waals surface area contributed by atoms with Gasteiger partial charge in [-0.25, -0.2) is 0 Å². The molecule has 0 aliphatic heterocycles. The van der Waals surface area contributed by atoms with E-state index in [9.17, 15) is 9.59 Å². The van der Waals surface area contributed by atoms with Crippen LogP contribution in [0.25, 0.3) is 0 Å². The third-order valence-corrected chi connectivity index (χ3v) is 2.52. The van der Waals surface area contributed by atoms with Gasteiger partial charge in [0.25, 0.3) is 0 Å². The molecule has 6 N–H and O–H groups in total. The summed E-state index contributed by atoms with van der Waals surface area (Å²) in [7, 11) is 0. The van der Waals surface area contributed by atoms with E-state index in [0.29, 0.717) is 11.4 Å². The Morgan fingerprint density at radius 3 is 1.52 bits per heavy atom. The molecule has 0 amide bonds. The van der Waals surface area contributed by atoms with E-state index >= 15 is 0 Å². The zero-order valence-corrected chi connectivity index (χ0v) is 15.2. The number of aliphatic carboxylic acids is 2. The van der Waals surface area contributed by atoms with Crippen molar-refractivity contribution < 1.29 is 39.3 Å². The van der Waals surface area contributed by atoms with Gasteiger partial charge in [0.1, 0.15) is 12.1 Å². The van der Waals surface area contributed by atoms with Crippen LogP contribution in [-0.4, -0.2) is 44.2 Å². The summed E-state index contributed by atoms with van der Waals surface area (Å²) in [6, 6.07) is -1.77. The standard InChI is InChI=1S/2C6H9N3O2.Zn/c2*7-5(6(10)11)1-4-2-8-3-9-4;/h2*2-3,5H,1,7H2,(H2,8,9,10,11);/q;;+2/p-2/t2*5-;/m00./s1. The fourth-order valence-electron chi connectivity index (χ4n) is 1.36. The van der Waals surface area contributed by atoms with Crippen LogP contribution < -0.4 is 21.4 Å². The smallest absolute Gasteiger partial charge is 0.480 e. The Morgan fingerprint density at radius 2 is 1.30 bits per heavy atom. The summed E-state index contributed by atoms with van der Waals surface area (Å²) >= 11 is 0. The maximum atomic E-state index is 10.3. The van der Waals surface area contributed by atoms with Gasteiger partial charge in [0.15, 0.2) is 0 Å². The molecule has 0 unspecified atom stereocenters. The number of hydrogen-bond donors (Lipinski definition) is 4. The minimum absolute atomic E-state index is 0. The van der Waals surface area contributed by atoms with Crippen molar-refractivity contribution in [2.24, 2.45) is 11.5 Å². The second-order valence-corrected chi connectivity index (χ2v) is 4.33. The van der Waals surface area contributed by atoms with Crippen molar-refractivity contribution in [3.8, 4) is 0 Å². The maximum absolute atomic E-state index is 10.3. The average Bonchev–Trinajstić information content (AvgIpc) is 3.12. The molecule has 10 nitrogen and oxygen atoms in total. The topological polar surface area (TPSA) is 181 Å². The number of imidazole rings is 2. The summed E-state index contributed by atoms with van der Waals surface area (Å²) in [6.07, 6.45) is 6.20. The van der Waals surface area contributed by atoms with E-state index in [2.05, 4.69) is 19.9 Å². The zero-order chi connectivity index (χ0) is 16.5. The Kier molecular flexibility index (Phi) is 9.63. The summed E-state index contributed by atoms with van der Waals surface area (Å²) < 4.78 is 0. The largest absolute Gasteiger partial charge is 2.00 e. The van der Waals surface area contributed by atoms with Gasteiger partial charge in [0.2, 0.25) is 0 Å². The fourth-order valence-corrected chi connectivity index (χ4v) is 1.36. The Labute approximate surface area is 144 Å². The van der Waals surface area contributed by atoms with Crippen LogP contribution in [0.3, 0.4) is 0 Å². The third kappa shape index (κ3) is 8.19. The van der Waals surface area contributed by atoms with E-state index < -0.39 is 24.0 Å². The zero-order valence-electron chi connectivity index (χ0n) is 12.2. The molecule has 120 valence electrons. The van der Waals surface area contributed by atoms with Gasteiger partial charge in [-0.3, -0.25) is 9.59 Å². The molecule has 0 spiro atoms. The minimum Gasteiger partial charge on any atom is -0.480 e. The van der Waals surface area contributed by atoms with Gasteiger partial charge < -0.3 is 41.6 Å². The van der Waals surface area contributed by atoms with Gasteiger partial charge in [0.05, 0.1) is 0 Å². The molecule has 0 aliphatic rings. The molecule has 2 aromatic rings. The number of carboxylic acids is 2. The Balaban J connectivity index is 0.000000403. The van der Waals surface area contributed by atoms with Crippen molar-refractivity contribution in [1.29, 1.82) is 0 Å². The molecule has 2 aromatic heterocycles. The van der Waals surface area contributed by atoms with Gasteiger partial charge in [-0.15, -0.1) is 0 Å². The summed E-state index contributed by atoms with van der Waals surface area (Å²) in [6.45, 7) is 0. The predicted molar refractivity (Wildman–Crippen MR) is 73.7 cm³/mol. The van der Waals surface area contributed by atoms with E-state index in [1.807, 2.05) is 0 Å². The van der Waals surface area contributed by atoms with Crippen molar-refractivity contribution in [3.05, 3.63) is 36.4 Å². The van der Waals surface area contributed by atoms with Crippen LogP contribution in [0.1, 0.15) is 11.4 Å². The number of nitrogens with zero attached hydrogens (tertiary/aromatic N) is 4. The van der Waals surface area contributed by atoms with Crippen molar-refractivity contribution >= 4 is 11.9 Å². The van der Waals surface area contributed by atoms with E-state index in [1.165, 1.54) is 25.0 Å². The SMILES string of the molecule is N[C@@H](Cc1c[n-]cn1)C(=O)O.N[C@@H](Cc1c[n-]cn1)C(=O)O.[Zn+2]. The van der Waals surface area contributed by atoms with Crippen molar-refractivity contribution in [2.75, 3.05) is 0 Å². The van der Waals surface area contributed by atoms with Gasteiger partial charge >= 0.3 is 31.4 Å². The van der Waals surface area contributed by atoms with Crippen LogP contribution in [0.5, 0.6) is 0 Å². The first kappa shape index (κ1) is 20.9. The molecular weight excluding hydrogens is 358 g/mol. The number of carbonyl (C=O) groups is 2. The number of carboxylic acid groups (broad SMARTS) is 2. The molecule has 2 heterocycles. The molecule has 23 heavy (non-hydrogen) atoms. The quantitative estimate of drug-likeness (QED) is 0.413. The van der Waals surface area contributed by atoms with Crippen LogP contribution in [0.2, 0.25) is 0 Å². The van der Waals surface area contributed by atoms with Crippen LogP contribution >= 0.6 is 0 Å². The van der Waals surface area contributed by atoms with Crippen LogP contribution in [0, 0.1) is 0 Å². The number of nitrogens with two attached hydrogens (primary N) is 2.